The number of rotatable bonds is 2. The van der Waals surface area contributed by atoms with Crippen LogP contribution in [0.5, 0.6) is 0 Å². The second-order valence-corrected chi connectivity index (χ2v) is 6.22. The number of hydrogen-bond acceptors (Lipinski definition) is 4. The number of nitrogens with zero attached hydrogens (tertiary/aromatic N) is 2. The number of carbonyl (C=O) groups is 2. The van der Waals surface area contributed by atoms with Crippen LogP contribution in [0, 0.1) is 0 Å². The molecule has 0 saturated heterocycles. The Balaban J connectivity index is 1.86. The van der Waals surface area contributed by atoms with Crippen molar-refractivity contribution in [2.45, 2.75) is 13.0 Å². The van der Waals surface area contributed by atoms with Gasteiger partial charge in [0.15, 0.2) is 0 Å². The van der Waals surface area contributed by atoms with Crippen molar-refractivity contribution in [3.8, 4) is 0 Å². The van der Waals surface area contributed by atoms with Crippen LogP contribution < -0.4 is 0 Å². The second kappa shape index (κ2) is 6.50. The Morgan fingerprint density at radius 3 is 2.87 bits per heavy atom. The lowest BCUT2D eigenvalue weighted by molar-refractivity contribution is 0.0598. The number of methoxy groups -OCH3 is 1. The predicted molar refractivity (Wildman–Crippen MR) is 88.2 cm³/mol. The average molecular weight is 375 g/mol. The van der Waals surface area contributed by atoms with Crippen molar-refractivity contribution in [2.75, 3.05) is 13.7 Å². The van der Waals surface area contributed by atoms with E-state index in [0.717, 1.165) is 15.6 Å². The van der Waals surface area contributed by atoms with Gasteiger partial charge in [-0.15, -0.1) is 0 Å². The van der Waals surface area contributed by atoms with Crippen LogP contribution in [0.3, 0.4) is 0 Å². The number of halogens is 1. The van der Waals surface area contributed by atoms with E-state index >= 15 is 0 Å². The molecule has 0 bridgehead atoms. The van der Waals surface area contributed by atoms with Crippen molar-refractivity contribution < 1.29 is 14.3 Å². The van der Waals surface area contributed by atoms with Crippen LogP contribution in [-0.4, -0.2) is 35.4 Å². The number of pyridine rings is 1. The minimum atomic E-state index is -0.388. The van der Waals surface area contributed by atoms with E-state index < -0.39 is 0 Å². The maximum atomic E-state index is 12.6. The normalized spacial score (nSPS) is 13.4. The number of ether oxygens (including phenoxy) is 1. The first kappa shape index (κ1) is 15.7. The summed E-state index contributed by atoms with van der Waals surface area (Å²) in [4.78, 5) is 30.3. The third-order valence-corrected chi connectivity index (χ3v) is 4.40. The third kappa shape index (κ3) is 3.12. The van der Waals surface area contributed by atoms with E-state index in [1.54, 1.807) is 23.2 Å². The standard InChI is InChI=1S/C17H15BrN2O3/c1-23-17(22)15-9-19-8-12-10-20(6-5-14(12)15)16(21)11-3-2-4-13(18)7-11/h2-4,7-9H,5-6,10H2,1H3. The summed E-state index contributed by atoms with van der Waals surface area (Å²) < 4.78 is 5.67. The van der Waals surface area contributed by atoms with Gasteiger partial charge < -0.3 is 9.64 Å². The maximum absolute atomic E-state index is 12.6. The van der Waals surface area contributed by atoms with Gasteiger partial charge in [-0.05, 0) is 35.7 Å². The zero-order valence-electron chi connectivity index (χ0n) is 12.6. The molecule has 6 heteroatoms. The molecule has 1 aliphatic heterocycles. The Bertz CT molecular complexity index is 776. The van der Waals surface area contributed by atoms with E-state index in [2.05, 4.69) is 20.9 Å². The van der Waals surface area contributed by atoms with E-state index in [0.29, 0.717) is 30.6 Å². The number of esters is 1. The van der Waals surface area contributed by atoms with Crippen LogP contribution in [-0.2, 0) is 17.7 Å². The molecule has 0 saturated carbocycles. The Morgan fingerprint density at radius 2 is 2.13 bits per heavy atom. The summed E-state index contributed by atoms with van der Waals surface area (Å²) in [5.74, 6) is -0.415. The molecule has 3 rings (SSSR count). The molecule has 2 aromatic rings. The lowest BCUT2D eigenvalue weighted by atomic mass is 9.96. The number of hydrogen-bond donors (Lipinski definition) is 0. The van der Waals surface area contributed by atoms with Gasteiger partial charge in [0.2, 0.25) is 0 Å². The Kier molecular flexibility index (Phi) is 4.43. The van der Waals surface area contributed by atoms with Crippen molar-refractivity contribution in [3.05, 3.63) is 63.4 Å². The van der Waals surface area contributed by atoms with E-state index in [-0.39, 0.29) is 11.9 Å². The number of fused-ring (bicyclic) bond motifs is 1. The van der Waals surface area contributed by atoms with Crippen LogP contribution in [0.2, 0.25) is 0 Å². The molecule has 118 valence electrons. The first-order valence-corrected chi connectivity index (χ1v) is 7.98. The summed E-state index contributed by atoms with van der Waals surface area (Å²) in [5, 5.41) is 0. The van der Waals surface area contributed by atoms with E-state index in [9.17, 15) is 9.59 Å². The summed E-state index contributed by atoms with van der Waals surface area (Å²) >= 11 is 3.38. The fourth-order valence-corrected chi connectivity index (χ4v) is 3.16. The first-order chi connectivity index (χ1) is 11.1. The highest BCUT2D eigenvalue weighted by atomic mass is 79.9. The number of amides is 1. The molecule has 1 aliphatic rings. The van der Waals surface area contributed by atoms with Gasteiger partial charge in [-0.3, -0.25) is 9.78 Å². The summed E-state index contributed by atoms with van der Waals surface area (Å²) in [5.41, 5.74) is 2.94. The quantitative estimate of drug-likeness (QED) is 0.758. The van der Waals surface area contributed by atoms with E-state index in [1.807, 2.05) is 12.1 Å². The van der Waals surface area contributed by atoms with Crippen LogP contribution >= 0.6 is 15.9 Å². The molecule has 0 unspecified atom stereocenters. The highest BCUT2D eigenvalue weighted by Gasteiger charge is 2.25. The predicted octanol–water partition coefficient (Wildman–Crippen LogP) is 2.83. The number of carbonyl (C=O) groups excluding carboxylic acids is 2. The molecular formula is C17H15BrN2O3. The molecule has 2 heterocycles. The van der Waals surface area contributed by atoms with Gasteiger partial charge in [0.1, 0.15) is 0 Å². The van der Waals surface area contributed by atoms with Crippen molar-refractivity contribution in [1.29, 1.82) is 0 Å². The van der Waals surface area contributed by atoms with E-state index in [4.69, 9.17) is 4.74 Å². The molecule has 0 radical (unpaired) electrons. The fraction of sp³-hybridized carbons (Fsp3) is 0.235. The largest absolute Gasteiger partial charge is 0.465 e. The van der Waals surface area contributed by atoms with Gasteiger partial charge >= 0.3 is 5.97 Å². The molecule has 0 N–H and O–H groups in total. The lowest BCUT2D eigenvalue weighted by Crippen LogP contribution is -2.36. The first-order valence-electron chi connectivity index (χ1n) is 7.19. The molecule has 0 atom stereocenters. The van der Waals surface area contributed by atoms with Crippen molar-refractivity contribution in [1.82, 2.24) is 9.88 Å². The Labute approximate surface area is 142 Å². The monoisotopic (exact) mass is 374 g/mol. The highest BCUT2D eigenvalue weighted by molar-refractivity contribution is 9.10. The minimum Gasteiger partial charge on any atom is -0.465 e. The van der Waals surface area contributed by atoms with Crippen molar-refractivity contribution in [2.24, 2.45) is 0 Å². The van der Waals surface area contributed by atoms with Gasteiger partial charge in [0.25, 0.3) is 5.91 Å². The second-order valence-electron chi connectivity index (χ2n) is 5.30. The average Bonchev–Trinajstić information content (AvgIpc) is 2.59. The molecule has 1 aromatic carbocycles. The van der Waals surface area contributed by atoms with Gasteiger partial charge in [0, 0.05) is 35.5 Å². The fourth-order valence-electron chi connectivity index (χ4n) is 2.76. The lowest BCUT2D eigenvalue weighted by Gasteiger charge is -2.29. The zero-order chi connectivity index (χ0) is 16.4. The minimum absolute atomic E-state index is 0.0274. The SMILES string of the molecule is COC(=O)c1cncc2c1CCN(C(=O)c1cccc(Br)c1)C2. The Morgan fingerprint density at radius 1 is 1.30 bits per heavy atom. The van der Waals surface area contributed by atoms with Crippen LogP contribution in [0.15, 0.2) is 41.1 Å². The smallest absolute Gasteiger partial charge is 0.339 e. The molecule has 1 aromatic heterocycles. The summed E-state index contributed by atoms with van der Waals surface area (Å²) in [6, 6.07) is 7.33. The summed E-state index contributed by atoms with van der Waals surface area (Å²) in [6.45, 7) is 1.00. The highest BCUT2D eigenvalue weighted by Crippen LogP contribution is 2.24. The summed E-state index contributed by atoms with van der Waals surface area (Å²) in [7, 11) is 1.35. The molecule has 23 heavy (non-hydrogen) atoms. The topological polar surface area (TPSA) is 59.5 Å². The molecular weight excluding hydrogens is 360 g/mol. The molecule has 5 nitrogen and oxygen atoms in total. The number of benzene rings is 1. The van der Waals surface area contributed by atoms with Crippen LogP contribution in [0.25, 0.3) is 0 Å². The summed E-state index contributed by atoms with van der Waals surface area (Å²) in [6.07, 6.45) is 3.85. The maximum Gasteiger partial charge on any atom is 0.339 e. The van der Waals surface area contributed by atoms with Gasteiger partial charge in [-0.25, -0.2) is 4.79 Å². The van der Waals surface area contributed by atoms with Crippen LogP contribution in [0.4, 0.5) is 0 Å². The molecule has 0 fully saturated rings. The van der Waals surface area contributed by atoms with Crippen LogP contribution in [0.1, 0.15) is 31.8 Å². The molecule has 0 aliphatic carbocycles. The molecule has 1 amide bonds. The van der Waals surface area contributed by atoms with Gasteiger partial charge in [-0.2, -0.15) is 0 Å². The van der Waals surface area contributed by atoms with Crippen molar-refractivity contribution >= 4 is 27.8 Å². The zero-order valence-corrected chi connectivity index (χ0v) is 14.2. The van der Waals surface area contributed by atoms with Gasteiger partial charge in [0.05, 0.1) is 12.7 Å². The molecule has 0 spiro atoms. The van der Waals surface area contributed by atoms with E-state index in [1.165, 1.54) is 13.3 Å². The third-order valence-electron chi connectivity index (χ3n) is 3.90. The Hall–Kier alpha value is -2.21. The van der Waals surface area contributed by atoms with Gasteiger partial charge in [-0.1, -0.05) is 22.0 Å². The van der Waals surface area contributed by atoms with Crippen molar-refractivity contribution in [3.63, 3.8) is 0 Å². The number of aromatic nitrogens is 1.